The van der Waals surface area contributed by atoms with Gasteiger partial charge >= 0.3 is 0 Å². The average Bonchev–Trinajstić information content (AvgIpc) is 2.49. The summed E-state index contributed by atoms with van der Waals surface area (Å²) in [6.07, 6.45) is 1.63. The first-order valence-corrected chi connectivity index (χ1v) is 8.48. The monoisotopic (exact) mass is 307 g/mol. The van der Waals surface area contributed by atoms with Crippen LogP contribution in [0.25, 0.3) is 0 Å². The summed E-state index contributed by atoms with van der Waals surface area (Å²) >= 11 is 0. The van der Waals surface area contributed by atoms with E-state index in [-0.39, 0.29) is 18.0 Å². The van der Waals surface area contributed by atoms with Gasteiger partial charge in [-0.05, 0) is 39.2 Å². The van der Waals surface area contributed by atoms with E-state index in [0.29, 0.717) is 0 Å². The molecule has 1 aromatic carbocycles. The predicted octanol–water partition coefficient (Wildman–Crippen LogP) is 4.17. The van der Waals surface area contributed by atoms with Crippen molar-refractivity contribution in [1.29, 1.82) is 0 Å². The summed E-state index contributed by atoms with van der Waals surface area (Å²) in [5.41, 5.74) is -1.72. The van der Waals surface area contributed by atoms with E-state index >= 15 is 4.39 Å². The number of alkyl halides is 1. The Balaban J connectivity index is 2.38. The smallest absolute Gasteiger partial charge is 0.142 e. The summed E-state index contributed by atoms with van der Waals surface area (Å²) in [5.74, 6) is -0.160. The molecule has 1 aromatic rings. The van der Waals surface area contributed by atoms with Crippen LogP contribution in [0, 0.1) is 5.92 Å². The molecule has 0 unspecified atom stereocenters. The van der Waals surface area contributed by atoms with E-state index in [9.17, 15) is 5.11 Å². The van der Waals surface area contributed by atoms with Gasteiger partial charge in [-0.2, -0.15) is 0 Å². The van der Waals surface area contributed by atoms with E-state index in [2.05, 4.69) is 24.0 Å². The Labute approximate surface area is 134 Å². The molecule has 0 aromatic heterocycles. The summed E-state index contributed by atoms with van der Waals surface area (Å²) in [5, 5.41) is 10.9. The molecule has 0 bridgehead atoms. The predicted molar refractivity (Wildman–Crippen MR) is 89.4 cm³/mol. The molecule has 1 N–H and O–H groups in total. The Morgan fingerprint density at radius 2 is 1.73 bits per heavy atom. The van der Waals surface area contributed by atoms with Crippen LogP contribution in [0.15, 0.2) is 30.3 Å². The van der Waals surface area contributed by atoms with E-state index in [1.54, 1.807) is 13.8 Å². The standard InChI is InChI=1S/C19H30FNO/c1-6-16-17(7-2)21(13-15-11-9-8-10-12-15)14(3)19(5,22)18(16,4)20/h8-12,14,16-17,22H,6-7,13H2,1-5H3/t14-,16-,17-,18+,19+/m1/s1. The summed E-state index contributed by atoms with van der Waals surface area (Å²) in [4.78, 5) is 2.30. The van der Waals surface area contributed by atoms with Crippen LogP contribution in [0.2, 0.25) is 0 Å². The van der Waals surface area contributed by atoms with Crippen LogP contribution in [0.3, 0.4) is 0 Å². The molecule has 2 nitrogen and oxygen atoms in total. The fourth-order valence-corrected chi connectivity index (χ4v) is 4.21. The van der Waals surface area contributed by atoms with E-state index in [4.69, 9.17) is 0 Å². The Bertz CT molecular complexity index is 485. The maximum absolute atomic E-state index is 15.4. The van der Waals surface area contributed by atoms with Gasteiger partial charge in [0.2, 0.25) is 0 Å². The van der Waals surface area contributed by atoms with Gasteiger partial charge in [-0.3, -0.25) is 4.90 Å². The van der Waals surface area contributed by atoms with Crippen LogP contribution >= 0.6 is 0 Å². The number of likely N-dealkylation sites (tertiary alicyclic amines) is 1. The van der Waals surface area contributed by atoms with E-state index < -0.39 is 11.3 Å². The van der Waals surface area contributed by atoms with E-state index in [1.807, 2.05) is 32.0 Å². The van der Waals surface area contributed by atoms with Crippen LogP contribution in [0.1, 0.15) is 53.0 Å². The molecule has 22 heavy (non-hydrogen) atoms. The third kappa shape index (κ3) is 2.69. The zero-order valence-corrected chi connectivity index (χ0v) is 14.5. The molecule has 1 aliphatic rings. The number of halogens is 1. The molecule has 1 fully saturated rings. The fraction of sp³-hybridized carbons (Fsp3) is 0.684. The third-order valence-electron chi connectivity index (χ3n) is 5.95. The van der Waals surface area contributed by atoms with Gasteiger partial charge in [0.05, 0.1) is 0 Å². The van der Waals surface area contributed by atoms with Crippen LogP contribution in [-0.4, -0.2) is 33.4 Å². The van der Waals surface area contributed by atoms with Gasteiger partial charge in [-0.25, -0.2) is 4.39 Å². The lowest BCUT2D eigenvalue weighted by Crippen LogP contribution is -2.71. The van der Waals surface area contributed by atoms with Crippen LogP contribution in [-0.2, 0) is 6.54 Å². The largest absolute Gasteiger partial charge is 0.385 e. The molecule has 0 radical (unpaired) electrons. The molecule has 1 aliphatic heterocycles. The SMILES string of the molecule is CC[C@@H]1[C@@H](CC)[C@](C)(F)[C@@](C)(O)[C@@H](C)N1Cc1ccccc1. The van der Waals surface area contributed by atoms with E-state index in [1.165, 1.54) is 5.56 Å². The molecule has 0 spiro atoms. The normalized spacial score (nSPS) is 39.9. The Hall–Kier alpha value is -0.930. The molecular formula is C19H30FNO. The van der Waals surface area contributed by atoms with Crippen molar-refractivity contribution in [3.63, 3.8) is 0 Å². The fourth-order valence-electron chi connectivity index (χ4n) is 4.21. The second kappa shape index (κ2) is 6.29. The lowest BCUT2D eigenvalue weighted by Gasteiger charge is -2.58. The molecule has 5 atom stereocenters. The number of benzene rings is 1. The summed E-state index contributed by atoms with van der Waals surface area (Å²) in [6.45, 7) is 10.1. The van der Waals surface area contributed by atoms with Gasteiger partial charge in [0.25, 0.3) is 0 Å². The molecule has 0 amide bonds. The number of piperidine rings is 1. The maximum atomic E-state index is 15.4. The van der Waals surface area contributed by atoms with Crippen molar-refractivity contribution in [2.75, 3.05) is 0 Å². The first-order valence-electron chi connectivity index (χ1n) is 8.48. The van der Waals surface area contributed by atoms with Gasteiger partial charge in [-0.15, -0.1) is 0 Å². The molecule has 0 aliphatic carbocycles. The number of nitrogens with zero attached hydrogens (tertiary/aromatic N) is 1. The van der Waals surface area contributed by atoms with Crippen molar-refractivity contribution in [1.82, 2.24) is 4.90 Å². The molecule has 124 valence electrons. The highest BCUT2D eigenvalue weighted by molar-refractivity contribution is 5.18. The van der Waals surface area contributed by atoms with Crippen molar-refractivity contribution in [3.05, 3.63) is 35.9 Å². The lowest BCUT2D eigenvalue weighted by molar-refractivity contribution is -0.211. The lowest BCUT2D eigenvalue weighted by atomic mass is 9.65. The van der Waals surface area contributed by atoms with Gasteiger partial charge in [-0.1, -0.05) is 44.2 Å². The van der Waals surface area contributed by atoms with Crippen molar-refractivity contribution in [3.8, 4) is 0 Å². The van der Waals surface area contributed by atoms with Crippen LogP contribution < -0.4 is 0 Å². The zero-order chi connectivity index (χ0) is 16.5. The number of aliphatic hydroxyl groups is 1. The Kier molecular flexibility index (Phi) is 4.98. The number of rotatable bonds is 4. The van der Waals surface area contributed by atoms with Crippen molar-refractivity contribution in [2.45, 2.75) is 77.4 Å². The van der Waals surface area contributed by atoms with Crippen molar-refractivity contribution < 1.29 is 9.50 Å². The zero-order valence-electron chi connectivity index (χ0n) is 14.5. The second-order valence-corrected chi connectivity index (χ2v) is 7.05. The topological polar surface area (TPSA) is 23.5 Å². The average molecular weight is 307 g/mol. The van der Waals surface area contributed by atoms with Crippen LogP contribution in [0.5, 0.6) is 0 Å². The highest BCUT2D eigenvalue weighted by Crippen LogP contribution is 2.48. The van der Waals surface area contributed by atoms with Crippen LogP contribution in [0.4, 0.5) is 4.39 Å². The summed E-state index contributed by atoms with van der Waals surface area (Å²) < 4.78 is 15.4. The molecule has 3 heteroatoms. The highest BCUT2D eigenvalue weighted by atomic mass is 19.1. The molecule has 0 saturated carbocycles. The van der Waals surface area contributed by atoms with Gasteiger partial charge in [0.1, 0.15) is 11.3 Å². The molecular weight excluding hydrogens is 277 g/mol. The number of hydrogen-bond acceptors (Lipinski definition) is 2. The van der Waals surface area contributed by atoms with Gasteiger partial charge in [0.15, 0.2) is 0 Å². The highest BCUT2D eigenvalue weighted by Gasteiger charge is 2.60. The minimum Gasteiger partial charge on any atom is -0.385 e. The Morgan fingerprint density at radius 1 is 1.14 bits per heavy atom. The minimum atomic E-state index is -1.57. The maximum Gasteiger partial charge on any atom is 0.142 e. The van der Waals surface area contributed by atoms with Gasteiger partial charge in [0, 0.05) is 24.5 Å². The Morgan fingerprint density at radius 3 is 2.23 bits per heavy atom. The number of hydrogen-bond donors (Lipinski definition) is 1. The molecule has 1 saturated heterocycles. The summed E-state index contributed by atoms with van der Waals surface area (Å²) in [6, 6.07) is 10.2. The second-order valence-electron chi connectivity index (χ2n) is 7.05. The van der Waals surface area contributed by atoms with Gasteiger partial charge < -0.3 is 5.11 Å². The van der Waals surface area contributed by atoms with Crippen molar-refractivity contribution >= 4 is 0 Å². The molecule has 2 rings (SSSR count). The first kappa shape index (κ1) is 17.4. The van der Waals surface area contributed by atoms with Crippen molar-refractivity contribution in [2.24, 2.45) is 5.92 Å². The van der Waals surface area contributed by atoms with E-state index in [0.717, 1.165) is 19.4 Å². The third-order valence-corrected chi connectivity index (χ3v) is 5.95. The molecule has 1 heterocycles. The quantitative estimate of drug-likeness (QED) is 0.902. The first-order chi connectivity index (χ1) is 10.3. The minimum absolute atomic E-state index is 0.149. The summed E-state index contributed by atoms with van der Waals surface area (Å²) in [7, 11) is 0.